The second kappa shape index (κ2) is 10.3. The molecule has 1 aliphatic heterocycles. The molecule has 5 rings (SSSR count). The van der Waals surface area contributed by atoms with Crippen molar-refractivity contribution in [3.63, 3.8) is 0 Å². The molecule has 38 heavy (non-hydrogen) atoms. The molecule has 2 aliphatic rings. The first-order chi connectivity index (χ1) is 18.5. The molecule has 2 heterocycles. The lowest BCUT2D eigenvalue weighted by molar-refractivity contribution is -0.144. The highest BCUT2D eigenvalue weighted by Gasteiger charge is 2.40. The van der Waals surface area contributed by atoms with E-state index in [9.17, 15) is 4.79 Å². The highest BCUT2D eigenvalue weighted by Crippen LogP contribution is 2.50. The van der Waals surface area contributed by atoms with Crippen LogP contribution in [0.2, 0.25) is 0 Å². The molecule has 0 spiro atoms. The van der Waals surface area contributed by atoms with Crippen molar-refractivity contribution in [1.82, 2.24) is 9.97 Å². The maximum absolute atomic E-state index is 13.4. The molecule has 2 N–H and O–H groups in total. The van der Waals surface area contributed by atoms with Gasteiger partial charge in [0.15, 0.2) is 28.8 Å². The first-order valence-corrected chi connectivity index (χ1v) is 11.6. The first-order valence-electron chi connectivity index (χ1n) is 11.6. The third kappa shape index (κ3) is 4.32. The SMILES string of the molecule is COC(=O)[C@@H]1C(C=Nc2cncnc2N)=Cc2cc3c(cc2[C@H]1c1cc(OC)c(OC)c(OC)c1)OCO3. The second-order valence-electron chi connectivity index (χ2n) is 8.47. The fourth-order valence-corrected chi connectivity index (χ4v) is 4.75. The Morgan fingerprint density at radius 3 is 2.39 bits per heavy atom. The number of nitrogens with two attached hydrogens (primary N) is 1. The normalized spacial score (nSPS) is 17.5. The Morgan fingerprint density at radius 1 is 1.05 bits per heavy atom. The third-order valence-corrected chi connectivity index (χ3v) is 6.50. The summed E-state index contributed by atoms with van der Waals surface area (Å²) in [7, 11) is 5.96. The van der Waals surface area contributed by atoms with Gasteiger partial charge in [-0.3, -0.25) is 9.79 Å². The average Bonchev–Trinajstić information content (AvgIpc) is 3.40. The molecule has 0 radical (unpaired) electrons. The molecule has 0 bridgehead atoms. The van der Waals surface area contributed by atoms with Crippen molar-refractivity contribution in [2.24, 2.45) is 10.9 Å². The van der Waals surface area contributed by atoms with Crippen LogP contribution in [0.3, 0.4) is 0 Å². The first kappa shape index (κ1) is 24.9. The van der Waals surface area contributed by atoms with Gasteiger partial charge in [-0.1, -0.05) is 0 Å². The van der Waals surface area contributed by atoms with Crippen molar-refractivity contribution < 1.29 is 33.2 Å². The molecule has 11 heteroatoms. The Labute approximate surface area is 218 Å². The number of carbonyl (C=O) groups is 1. The van der Waals surface area contributed by atoms with Gasteiger partial charge in [-0.2, -0.15) is 0 Å². The van der Waals surface area contributed by atoms with E-state index in [1.807, 2.05) is 30.3 Å². The molecule has 1 aromatic heterocycles. The Kier molecular flexibility index (Phi) is 6.73. The van der Waals surface area contributed by atoms with Crippen molar-refractivity contribution in [3.05, 3.63) is 59.1 Å². The molecule has 0 unspecified atom stereocenters. The standard InChI is InChI=1S/C27H26N4O7/c1-33-21-7-15(8-22(34-2)25(21)35-3)23-17-9-20-19(37-13-38-20)6-14(17)5-16(24(23)27(32)36-4)10-30-18-11-29-12-31-26(18)28/h5-12,23-24H,13H2,1-4H3,(H2,28,29,31)/t23-,24-/m1/s1. The molecule has 11 nitrogen and oxygen atoms in total. The van der Waals surface area contributed by atoms with Crippen LogP contribution in [0.25, 0.3) is 6.08 Å². The lowest BCUT2D eigenvalue weighted by Crippen LogP contribution is -2.30. The fourth-order valence-electron chi connectivity index (χ4n) is 4.75. The van der Waals surface area contributed by atoms with Crippen molar-refractivity contribution in [2.75, 3.05) is 41.0 Å². The van der Waals surface area contributed by atoms with Crippen LogP contribution in [-0.2, 0) is 9.53 Å². The molecule has 2 aromatic carbocycles. The molecule has 196 valence electrons. The summed E-state index contributed by atoms with van der Waals surface area (Å²) < 4.78 is 33.3. The number of nitrogen functional groups attached to an aromatic ring is 1. The van der Waals surface area contributed by atoms with E-state index in [1.54, 1.807) is 6.21 Å². The number of hydrogen-bond donors (Lipinski definition) is 1. The van der Waals surface area contributed by atoms with E-state index in [4.69, 9.17) is 34.2 Å². The van der Waals surface area contributed by atoms with E-state index in [0.29, 0.717) is 40.0 Å². The monoisotopic (exact) mass is 518 g/mol. The van der Waals surface area contributed by atoms with Gasteiger partial charge in [-0.05, 0) is 52.6 Å². The summed E-state index contributed by atoms with van der Waals surface area (Å²) in [6, 6.07) is 7.40. The van der Waals surface area contributed by atoms with E-state index in [1.165, 1.54) is 41.0 Å². The lowest BCUT2D eigenvalue weighted by atomic mass is 9.71. The number of hydrogen-bond acceptors (Lipinski definition) is 11. The van der Waals surface area contributed by atoms with Crippen LogP contribution in [0.15, 0.2) is 47.4 Å². The third-order valence-electron chi connectivity index (χ3n) is 6.50. The number of methoxy groups -OCH3 is 4. The van der Waals surface area contributed by atoms with Gasteiger partial charge in [0.05, 0.1) is 40.6 Å². The average molecular weight is 519 g/mol. The predicted octanol–water partition coefficient (Wildman–Crippen LogP) is 3.53. The molecule has 0 amide bonds. The van der Waals surface area contributed by atoms with Gasteiger partial charge in [0.25, 0.3) is 0 Å². The van der Waals surface area contributed by atoms with Gasteiger partial charge >= 0.3 is 5.97 Å². The Bertz CT molecular complexity index is 1430. The zero-order valence-corrected chi connectivity index (χ0v) is 21.3. The summed E-state index contributed by atoms with van der Waals surface area (Å²) in [5.74, 6) is 0.975. The van der Waals surface area contributed by atoms with Crippen molar-refractivity contribution in [1.29, 1.82) is 0 Å². The van der Waals surface area contributed by atoms with Crippen molar-refractivity contribution >= 4 is 29.8 Å². The van der Waals surface area contributed by atoms with Crippen LogP contribution in [0.5, 0.6) is 28.7 Å². The van der Waals surface area contributed by atoms with Crippen LogP contribution in [0.1, 0.15) is 22.6 Å². The number of fused-ring (bicyclic) bond motifs is 2. The summed E-state index contributed by atoms with van der Waals surface area (Å²) in [4.78, 5) is 25.8. The number of anilines is 1. The molecule has 0 saturated carbocycles. The van der Waals surface area contributed by atoms with E-state index in [-0.39, 0.29) is 12.6 Å². The highest BCUT2D eigenvalue weighted by atomic mass is 16.7. The summed E-state index contributed by atoms with van der Waals surface area (Å²) in [5.41, 5.74) is 9.31. The summed E-state index contributed by atoms with van der Waals surface area (Å²) in [5, 5.41) is 0. The van der Waals surface area contributed by atoms with Gasteiger partial charge in [0.2, 0.25) is 12.5 Å². The number of rotatable bonds is 7. The summed E-state index contributed by atoms with van der Waals surface area (Å²) in [6.07, 6.45) is 6.29. The summed E-state index contributed by atoms with van der Waals surface area (Å²) >= 11 is 0. The Hall–Kier alpha value is -4.80. The zero-order valence-electron chi connectivity index (χ0n) is 21.3. The Morgan fingerprint density at radius 2 is 1.76 bits per heavy atom. The highest BCUT2D eigenvalue weighted by molar-refractivity contribution is 5.98. The number of nitrogens with zero attached hydrogens (tertiary/aromatic N) is 3. The van der Waals surface area contributed by atoms with Gasteiger partial charge < -0.3 is 34.2 Å². The number of aliphatic imine (C=N–C) groups is 1. The lowest BCUT2D eigenvalue weighted by Gasteiger charge is -2.32. The van der Waals surface area contributed by atoms with Crippen LogP contribution < -0.4 is 29.4 Å². The van der Waals surface area contributed by atoms with Crippen molar-refractivity contribution in [2.45, 2.75) is 5.92 Å². The van der Waals surface area contributed by atoms with Gasteiger partial charge in [-0.15, -0.1) is 0 Å². The second-order valence-corrected chi connectivity index (χ2v) is 8.47. The maximum atomic E-state index is 13.4. The van der Waals surface area contributed by atoms with E-state index >= 15 is 0 Å². The number of esters is 1. The molecule has 0 fully saturated rings. The minimum Gasteiger partial charge on any atom is -0.493 e. The van der Waals surface area contributed by atoms with E-state index < -0.39 is 17.8 Å². The predicted molar refractivity (Wildman–Crippen MR) is 139 cm³/mol. The number of benzene rings is 2. The van der Waals surface area contributed by atoms with Crippen LogP contribution in [0, 0.1) is 5.92 Å². The van der Waals surface area contributed by atoms with Gasteiger partial charge in [0, 0.05) is 12.1 Å². The zero-order chi connectivity index (χ0) is 26.8. The van der Waals surface area contributed by atoms with Crippen LogP contribution in [-0.4, -0.2) is 57.4 Å². The summed E-state index contributed by atoms with van der Waals surface area (Å²) in [6.45, 7) is 0.110. The molecular weight excluding hydrogens is 492 g/mol. The fraction of sp³-hybridized carbons (Fsp3) is 0.259. The molecule has 3 aromatic rings. The topological polar surface area (TPSA) is 137 Å². The Balaban J connectivity index is 1.74. The number of ether oxygens (including phenoxy) is 6. The van der Waals surface area contributed by atoms with Gasteiger partial charge in [0.1, 0.15) is 12.0 Å². The molecule has 0 saturated heterocycles. The number of carbonyl (C=O) groups excluding carboxylic acids is 1. The van der Waals surface area contributed by atoms with Crippen LogP contribution in [0.4, 0.5) is 11.5 Å². The van der Waals surface area contributed by atoms with Crippen LogP contribution >= 0.6 is 0 Å². The minimum atomic E-state index is -0.787. The minimum absolute atomic E-state index is 0.110. The van der Waals surface area contributed by atoms with Gasteiger partial charge in [-0.25, -0.2) is 9.97 Å². The molecular formula is C27H26N4O7. The largest absolute Gasteiger partial charge is 0.493 e. The molecule has 1 aliphatic carbocycles. The van der Waals surface area contributed by atoms with E-state index in [0.717, 1.165) is 16.7 Å². The smallest absolute Gasteiger partial charge is 0.314 e. The molecule has 2 atom stereocenters. The quantitative estimate of drug-likeness (QED) is 0.365. The maximum Gasteiger partial charge on any atom is 0.314 e. The van der Waals surface area contributed by atoms with Crippen molar-refractivity contribution in [3.8, 4) is 28.7 Å². The van der Waals surface area contributed by atoms with E-state index in [2.05, 4.69) is 15.0 Å². The number of aromatic nitrogens is 2.